The van der Waals surface area contributed by atoms with Gasteiger partial charge in [0.1, 0.15) is 11.6 Å². The molecule has 0 bridgehead atoms. The highest BCUT2D eigenvalue weighted by Gasteiger charge is 2.33. The zero-order chi connectivity index (χ0) is 15.2. The van der Waals surface area contributed by atoms with Gasteiger partial charge in [-0.3, -0.25) is 4.57 Å². The van der Waals surface area contributed by atoms with Gasteiger partial charge in [0.15, 0.2) is 12.5 Å². The molecule has 1 aromatic carbocycles. The summed E-state index contributed by atoms with van der Waals surface area (Å²) >= 11 is 0. The molecule has 0 saturated heterocycles. The Morgan fingerprint density at radius 2 is 2.00 bits per heavy atom. The van der Waals surface area contributed by atoms with E-state index >= 15 is 0 Å². The van der Waals surface area contributed by atoms with Crippen LogP contribution in [0.3, 0.4) is 0 Å². The van der Waals surface area contributed by atoms with E-state index in [2.05, 4.69) is 0 Å². The lowest BCUT2D eigenvalue weighted by atomic mass is 10.3. The molecule has 0 aliphatic rings. The van der Waals surface area contributed by atoms with Crippen LogP contribution in [0.1, 0.15) is 6.92 Å². The van der Waals surface area contributed by atoms with Gasteiger partial charge in [0.2, 0.25) is 0 Å². The van der Waals surface area contributed by atoms with Gasteiger partial charge >= 0.3 is 13.6 Å². The van der Waals surface area contributed by atoms with Gasteiger partial charge in [-0.15, -0.1) is 0 Å². The fourth-order valence-electron chi connectivity index (χ4n) is 1.36. The number of carbonyl (C=O) groups excluding carboxylic acids is 1. The molecule has 0 heterocycles. The third kappa shape index (κ3) is 4.59. The van der Waals surface area contributed by atoms with Crippen LogP contribution in [0.4, 0.5) is 4.39 Å². The predicted molar refractivity (Wildman–Crippen MR) is 69.1 cm³/mol. The molecule has 0 aromatic heterocycles. The number of esters is 1. The Bertz CT molecular complexity index is 498. The number of halogens is 1. The summed E-state index contributed by atoms with van der Waals surface area (Å²) in [5, 5.41) is 0. The summed E-state index contributed by atoms with van der Waals surface area (Å²) in [5.41, 5.74) is 0. The Balaban J connectivity index is 2.50. The SMILES string of the molecule is COP(=O)(OC)C(C)OC(=O)COc1cccc(F)c1. The number of ether oxygens (including phenoxy) is 2. The van der Waals surface area contributed by atoms with Gasteiger partial charge in [-0.25, -0.2) is 9.18 Å². The van der Waals surface area contributed by atoms with Crippen molar-refractivity contribution < 1.29 is 32.3 Å². The van der Waals surface area contributed by atoms with Crippen LogP contribution < -0.4 is 4.74 Å². The second-order valence-electron chi connectivity index (χ2n) is 3.74. The maximum Gasteiger partial charge on any atom is 0.370 e. The van der Waals surface area contributed by atoms with Crippen LogP contribution >= 0.6 is 7.60 Å². The first-order valence-electron chi connectivity index (χ1n) is 5.70. The van der Waals surface area contributed by atoms with Crippen LogP contribution in [0.15, 0.2) is 24.3 Å². The quantitative estimate of drug-likeness (QED) is 0.569. The first-order chi connectivity index (χ1) is 9.41. The standard InChI is InChI=1S/C12H16FO6P/c1-9(20(15,16-2)17-3)19-12(14)8-18-11-6-4-5-10(13)7-11/h4-7,9H,8H2,1-3H3. The Kier molecular flexibility index (Phi) is 6.13. The van der Waals surface area contributed by atoms with Crippen molar-refractivity contribution in [3.05, 3.63) is 30.1 Å². The number of rotatable bonds is 7. The molecule has 6 nitrogen and oxygen atoms in total. The van der Waals surface area contributed by atoms with Gasteiger partial charge in [0.05, 0.1) is 0 Å². The van der Waals surface area contributed by atoms with Crippen molar-refractivity contribution in [2.75, 3.05) is 20.8 Å². The zero-order valence-electron chi connectivity index (χ0n) is 11.4. The Labute approximate surface area is 116 Å². The van der Waals surface area contributed by atoms with E-state index < -0.39 is 31.8 Å². The van der Waals surface area contributed by atoms with Crippen molar-refractivity contribution in [2.45, 2.75) is 12.8 Å². The highest BCUT2D eigenvalue weighted by atomic mass is 31.2. The molecule has 0 spiro atoms. The van der Waals surface area contributed by atoms with Gasteiger partial charge in [0.25, 0.3) is 0 Å². The van der Waals surface area contributed by atoms with E-state index in [9.17, 15) is 13.8 Å². The van der Waals surface area contributed by atoms with E-state index in [0.717, 1.165) is 6.07 Å². The summed E-state index contributed by atoms with van der Waals surface area (Å²) in [7, 11) is -1.10. The van der Waals surface area contributed by atoms with Gasteiger partial charge in [-0.05, 0) is 19.1 Å². The van der Waals surface area contributed by atoms with Crippen molar-refractivity contribution in [1.82, 2.24) is 0 Å². The van der Waals surface area contributed by atoms with Crippen molar-refractivity contribution >= 4 is 13.6 Å². The highest BCUT2D eigenvalue weighted by molar-refractivity contribution is 7.54. The lowest BCUT2D eigenvalue weighted by Gasteiger charge is -2.20. The molecule has 0 aliphatic carbocycles. The van der Waals surface area contributed by atoms with Crippen molar-refractivity contribution in [3.8, 4) is 5.75 Å². The Hall–Kier alpha value is -1.43. The predicted octanol–water partition coefficient (Wildman–Crippen LogP) is 2.58. The molecule has 0 saturated carbocycles. The van der Waals surface area contributed by atoms with Crippen LogP contribution in [0.5, 0.6) is 5.75 Å². The average molecular weight is 306 g/mol. The number of carbonyl (C=O) groups is 1. The smallest absolute Gasteiger partial charge is 0.370 e. The summed E-state index contributed by atoms with van der Waals surface area (Å²) in [5.74, 6) is -2.12. The molecule has 0 aliphatic heterocycles. The van der Waals surface area contributed by atoms with Crippen LogP contribution in [0.25, 0.3) is 0 Å². The zero-order valence-corrected chi connectivity index (χ0v) is 12.3. The molecule has 8 heteroatoms. The second kappa shape index (κ2) is 7.38. The van der Waals surface area contributed by atoms with Crippen molar-refractivity contribution in [1.29, 1.82) is 0 Å². The Morgan fingerprint density at radius 3 is 2.55 bits per heavy atom. The van der Waals surface area contributed by atoms with E-state index in [1.54, 1.807) is 0 Å². The van der Waals surface area contributed by atoms with Crippen LogP contribution in [0.2, 0.25) is 0 Å². The van der Waals surface area contributed by atoms with Crippen LogP contribution in [-0.4, -0.2) is 32.6 Å². The van der Waals surface area contributed by atoms with E-state index in [1.165, 1.54) is 39.3 Å². The normalized spacial score (nSPS) is 12.8. The van der Waals surface area contributed by atoms with E-state index in [-0.39, 0.29) is 5.75 Å². The molecule has 0 amide bonds. The molecule has 112 valence electrons. The van der Waals surface area contributed by atoms with Gasteiger partial charge < -0.3 is 18.5 Å². The summed E-state index contributed by atoms with van der Waals surface area (Å²) < 4.78 is 44.1. The third-order valence-corrected chi connectivity index (χ3v) is 4.42. The largest absolute Gasteiger partial charge is 0.482 e. The van der Waals surface area contributed by atoms with Crippen LogP contribution in [-0.2, 0) is 23.1 Å². The topological polar surface area (TPSA) is 71.1 Å². The van der Waals surface area contributed by atoms with Gasteiger partial charge in [0, 0.05) is 20.3 Å². The monoisotopic (exact) mass is 306 g/mol. The molecule has 1 atom stereocenters. The van der Waals surface area contributed by atoms with E-state index in [0.29, 0.717) is 0 Å². The summed E-state index contributed by atoms with van der Waals surface area (Å²) in [6.07, 6.45) is 0. The number of hydrogen-bond acceptors (Lipinski definition) is 6. The van der Waals surface area contributed by atoms with Gasteiger partial charge in [-0.2, -0.15) is 0 Å². The molecule has 1 unspecified atom stereocenters. The fraction of sp³-hybridized carbons (Fsp3) is 0.417. The van der Waals surface area contributed by atoms with Crippen molar-refractivity contribution in [2.24, 2.45) is 0 Å². The summed E-state index contributed by atoms with van der Waals surface area (Å²) in [6.45, 7) is 0.940. The highest BCUT2D eigenvalue weighted by Crippen LogP contribution is 2.51. The second-order valence-corrected chi connectivity index (χ2v) is 6.28. The molecule has 1 rings (SSSR count). The first-order valence-corrected chi connectivity index (χ1v) is 7.31. The minimum Gasteiger partial charge on any atom is -0.482 e. The molecular weight excluding hydrogens is 290 g/mol. The maximum absolute atomic E-state index is 12.9. The molecular formula is C12H16FO6P. The van der Waals surface area contributed by atoms with Crippen molar-refractivity contribution in [3.63, 3.8) is 0 Å². The Morgan fingerprint density at radius 1 is 1.35 bits per heavy atom. The van der Waals surface area contributed by atoms with Crippen LogP contribution in [0, 0.1) is 5.82 Å². The summed E-state index contributed by atoms with van der Waals surface area (Å²) in [4.78, 5) is 11.5. The summed E-state index contributed by atoms with van der Waals surface area (Å²) in [6, 6.07) is 5.32. The average Bonchev–Trinajstić information content (AvgIpc) is 2.44. The molecule has 0 fully saturated rings. The molecule has 20 heavy (non-hydrogen) atoms. The lowest BCUT2D eigenvalue weighted by molar-refractivity contribution is -0.148. The third-order valence-electron chi connectivity index (χ3n) is 2.41. The first kappa shape index (κ1) is 16.6. The molecule has 0 N–H and O–H groups in total. The number of benzene rings is 1. The molecule has 1 aromatic rings. The maximum atomic E-state index is 12.9. The minimum absolute atomic E-state index is 0.191. The number of hydrogen-bond donors (Lipinski definition) is 0. The van der Waals surface area contributed by atoms with E-state index in [4.69, 9.17) is 18.5 Å². The fourth-order valence-corrected chi connectivity index (χ4v) is 2.35. The minimum atomic E-state index is -3.49. The molecule has 0 radical (unpaired) electrons. The van der Waals surface area contributed by atoms with Gasteiger partial charge in [-0.1, -0.05) is 6.07 Å². The lowest BCUT2D eigenvalue weighted by Crippen LogP contribution is -2.21. The van der Waals surface area contributed by atoms with E-state index in [1.807, 2.05) is 0 Å².